The second-order valence-electron chi connectivity index (χ2n) is 4.81. The van der Waals surface area contributed by atoms with Gasteiger partial charge in [-0.2, -0.15) is 0 Å². The molecular weight excluding hydrogens is 246 g/mol. The summed E-state index contributed by atoms with van der Waals surface area (Å²) in [5.74, 6) is 1.81. The van der Waals surface area contributed by atoms with Gasteiger partial charge in [-0.15, -0.1) is 15.3 Å². The molecule has 8 heteroatoms. The van der Waals surface area contributed by atoms with Gasteiger partial charge in [-0.25, -0.2) is 4.98 Å². The number of nitrogens with one attached hydrogen (secondary N) is 2. The maximum Gasteiger partial charge on any atom is 0.291 e. The Morgan fingerprint density at radius 2 is 2.37 bits per heavy atom. The van der Waals surface area contributed by atoms with Gasteiger partial charge in [-0.05, 0) is 19.8 Å². The van der Waals surface area contributed by atoms with Crippen LogP contribution in [0.3, 0.4) is 0 Å². The minimum absolute atomic E-state index is 0.177. The highest BCUT2D eigenvalue weighted by molar-refractivity contribution is 5.90. The summed E-state index contributed by atoms with van der Waals surface area (Å²) in [5.41, 5.74) is 0. The van der Waals surface area contributed by atoms with Gasteiger partial charge in [0.25, 0.3) is 5.91 Å². The zero-order valence-corrected chi connectivity index (χ0v) is 10.8. The first-order valence-corrected chi connectivity index (χ1v) is 6.22. The molecule has 8 nitrogen and oxygen atoms in total. The highest BCUT2D eigenvalue weighted by Gasteiger charge is 2.28. The number of hydrogen-bond donors (Lipinski definition) is 2. The first-order valence-electron chi connectivity index (χ1n) is 6.22. The molecule has 0 saturated heterocycles. The van der Waals surface area contributed by atoms with Gasteiger partial charge in [0.15, 0.2) is 5.82 Å². The topological polar surface area (TPSA) is 101 Å². The van der Waals surface area contributed by atoms with Gasteiger partial charge in [-0.3, -0.25) is 9.89 Å². The van der Waals surface area contributed by atoms with E-state index >= 15 is 0 Å². The standard InChI is InChI=1S/C11H15N7O/c1-6(10-17-12-5-18(10)2)13-11(19)9-14-8(15-16-9)7-3-4-7/h5-7H,3-4H2,1-2H3,(H,13,19)(H,14,15,16). The third-order valence-electron chi connectivity index (χ3n) is 3.15. The monoisotopic (exact) mass is 261 g/mol. The molecule has 1 aliphatic carbocycles. The van der Waals surface area contributed by atoms with Crippen molar-refractivity contribution >= 4 is 5.91 Å². The van der Waals surface area contributed by atoms with Crippen molar-refractivity contribution in [3.05, 3.63) is 23.8 Å². The lowest BCUT2D eigenvalue weighted by molar-refractivity contribution is 0.0927. The first kappa shape index (κ1) is 11.8. The van der Waals surface area contributed by atoms with Gasteiger partial charge in [-0.1, -0.05) is 0 Å². The molecule has 1 fully saturated rings. The van der Waals surface area contributed by atoms with E-state index in [1.165, 1.54) is 0 Å². The molecule has 19 heavy (non-hydrogen) atoms. The van der Waals surface area contributed by atoms with Crippen LogP contribution >= 0.6 is 0 Å². The fourth-order valence-electron chi connectivity index (χ4n) is 1.93. The van der Waals surface area contributed by atoms with Crippen LogP contribution in [0.15, 0.2) is 6.33 Å². The van der Waals surface area contributed by atoms with Crippen LogP contribution in [0.25, 0.3) is 0 Å². The molecule has 1 saturated carbocycles. The lowest BCUT2D eigenvalue weighted by atomic mass is 10.3. The van der Waals surface area contributed by atoms with Gasteiger partial charge in [0.05, 0.1) is 6.04 Å². The van der Waals surface area contributed by atoms with Crippen molar-refractivity contribution in [2.24, 2.45) is 7.05 Å². The van der Waals surface area contributed by atoms with Crippen LogP contribution in [0.1, 0.15) is 54.0 Å². The quantitative estimate of drug-likeness (QED) is 0.824. The number of amides is 1. The normalized spacial score (nSPS) is 16.3. The van der Waals surface area contributed by atoms with E-state index in [2.05, 4.69) is 30.7 Å². The average Bonchev–Trinajstić information content (AvgIpc) is 2.95. The SMILES string of the molecule is CC(NC(=O)c1n[nH]c(C2CC2)n1)c1nncn1C. The molecule has 3 rings (SSSR count). The van der Waals surface area contributed by atoms with E-state index in [9.17, 15) is 4.79 Å². The molecule has 2 aromatic rings. The zero-order chi connectivity index (χ0) is 13.4. The predicted molar refractivity (Wildman–Crippen MR) is 65.2 cm³/mol. The predicted octanol–water partition coefficient (Wildman–Crippen LogP) is 0.302. The van der Waals surface area contributed by atoms with Crippen LogP contribution in [-0.4, -0.2) is 35.9 Å². The minimum atomic E-state index is -0.307. The van der Waals surface area contributed by atoms with Crippen LogP contribution in [0.5, 0.6) is 0 Å². The zero-order valence-electron chi connectivity index (χ0n) is 10.8. The van der Waals surface area contributed by atoms with E-state index in [0.717, 1.165) is 18.7 Å². The van der Waals surface area contributed by atoms with Gasteiger partial charge < -0.3 is 9.88 Å². The summed E-state index contributed by atoms with van der Waals surface area (Å²) in [6.45, 7) is 1.84. The molecule has 2 aromatic heterocycles. The van der Waals surface area contributed by atoms with Gasteiger partial charge in [0.1, 0.15) is 12.2 Å². The summed E-state index contributed by atoms with van der Waals surface area (Å²) in [7, 11) is 1.83. The summed E-state index contributed by atoms with van der Waals surface area (Å²) < 4.78 is 1.76. The molecule has 0 spiro atoms. The average molecular weight is 261 g/mol. The van der Waals surface area contributed by atoms with Crippen LogP contribution in [-0.2, 0) is 7.05 Å². The molecule has 2 heterocycles. The maximum atomic E-state index is 12.0. The van der Waals surface area contributed by atoms with E-state index in [0.29, 0.717) is 11.7 Å². The van der Waals surface area contributed by atoms with E-state index in [-0.39, 0.29) is 17.8 Å². The Morgan fingerprint density at radius 3 is 3.00 bits per heavy atom. The number of carbonyl (C=O) groups excluding carboxylic acids is 1. The smallest absolute Gasteiger partial charge is 0.291 e. The second kappa shape index (κ2) is 4.45. The van der Waals surface area contributed by atoms with E-state index in [4.69, 9.17) is 0 Å². The molecule has 1 unspecified atom stereocenters. The number of rotatable bonds is 4. The Morgan fingerprint density at radius 1 is 1.58 bits per heavy atom. The molecule has 0 radical (unpaired) electrons. The molecule has 1 aliphatic rings. The molecule has 1 amide bonds. The van der Waals surface area contributed by atoms with Crippen molar-refractivity contribution in [1.29, 1.82) is 0 Å². The lowest BCUT2D eigenvalue weighted by Gasteiger charge is -2.11. The highest BCUT2D eigenvalue weighted by Crippen LogP contribution is 2.37. The molecule has 0 aromatic carbocycles. The third-order valence-corrected chi connectivity index (χ3v) is 3.15. The Kier molecular flexibility index (Phi) is 2.77. The summed E-state index contributed by atoms with van der Waals surface area (Å²) in [5, 5.41) is 17.3. The molecule has 2 N–H and O–H groups in total. The molecule has 100 valence electrons. The highest BCUT2D eigenvalue weighted by atomic mass is 16.2. The number of aromatic amines is 1. The number of aryl methyl sites for hydroxylation is 1. The number of nitrogens with zero attached hydrogens (tertiary/aromatic N) is 5. The summed E-state index contributed by atoms with van der Waals surface area (Å²) >= 11 is 0. The van der Waals surface area contributed by atoms with E-state index < -0.39 is 0 Å². The number of carbonyl (C=O) groups is 1. The largest absolute Gasteiger partial charge is 0.340 e. The van der Waals surface area contributed by atoms with Crippen LogP contribution in [0.2, 0.25) is 0 Å². The van der Waals surface area contributed by atoms with Crippen LogP contribution in [0, 0.1) is 0 Å². The summed E-state index contributed by atoms with van der Waals surface area (Å²) in [4.78, 5) is 16.2. The summed E-state index contributed by atoms with van der Waals surface area (Å²) in [6, 6.07) is -0.247. The lowest BCUT2D eigenvalue weighted by Crippen LogP contribution is -2.29. The Bertz CT molecular complexity index is 598. The van der Waals surface area contributed by atoms with Crippen molar-refractivity contribution < 1.29 is 4.79 Å². The Balaban J connectivity index is 1.68. The van der Waals surface area contributed by atoms with Crippen molar-refractivity contribution in [3.63, 3.8) is 0 Å². The van der Waals surface area contributed by atoms with E-state index in [1.807, 2.05) is 14.0 Å². The van der Waals surface area contributed by atoms with Gasteiger partial charge in [0, 0.05) is 13.0 Å². The number of H-pyrrole nitrogens is 1. The van der Waals surface area contributed by atoms with Gasteiger partial charge >= 0.3 is 0 Å². The van der Waals surface area contributed by atoms with Crippen molar-refractivity contribution in [1.82, 2.24) is 35.3 Å². The fraction of sp³-hybridized carbons (Fsp3) is 0.545. The van der Waals surface area contributed by atoms with Crippen LogP contribution < -0.4 is 5.32 Å². The maximum absolute atomic E-state index is 12.0. The number of hydrogen-bond acceptors (Lipinski definition) is 5. The Hall–Kier alpha value is -2.25. The first-order chi connectivity index (χ1) is 9.15. The minimum Gasteiger partial charge on any atom is -0.340 e. The second-order valence-corrected chi connectivity index (χ2v) is 4.81. The van der Waals surface area contributed by atoms with Crippen molar-refractivity contribution in [2.45, 2.75) is 31.7 Å². The van der Waals surface area contributed by atoms with Gasteiger partial charge in [0.2, 0.25) is 5.82 Å². The third kappa shape index (κ3) is 2.33. The van der Waals surface area contributed by atoms with E-state index in [1.54, 1.807) is 10.9 Å². The fourth-order valence-corrected chi connectivity index (χ4v) is 1.93. The summed E-state index contributed by atoms with van der Waals surface area (Å²) in [6.07, 6.45) is 3.83. The Labute approximate surface area is 109 Å². The molecule has 0 bridgehead atoms. The molecule has 0 aliphatic heterocycles. The van der Waals surface area contributed by atoms with Crippen LogP contribution in [0.4, 0.5) is 0 Å². The van der Waals surface area contributed by atoms with Crippen molar-refractivity contribution in [2.75, 3.05) is 0 Å². The number of aromatic nitrogens is 6. The molecule has 1 atom stereocenters. The molecular formula is C11H15N7O. The van der Waals surface area contributed by atoms with Crippen molar-refractivity contribution in [3.8, 4) is 0 Å².